The molecule has 3 rings (SSSR count). The van der Waals surface area contributed by atoms with Gasteiger partial charge in [-0.2, -0.15) is 0 Å². The van der Waals surface area contributed by atoms with Crippen LogP contribution in [0, 0.1) is 0 Å². The molecule has 1 heterocycles. The Morgan fingerprint density at radius 1 is 1.12 bits per heavy atom. The molecule has 2 amide bonds. The number of carbonyl (C=O) groups is 2. The van der Waals surface area contributed by atoms with Crippen LogP contribution in [-0.4, -0.2) is 18.4 Å². The molecule has 0 unspecified atom stereocenters. The van der Waals surface area contributed by atoms with E-state index in [0.29, 0.717) is 12.1 Å². The zero-order chi connectivity index (χ0) is 17.6. The number of aryl methyl sites for hydroxylation is 1. The summed E-state index contributed by atoms with van der Waals surface area (Å²) in [6.07, 6.45) is 5.85. The summed E-state index contributed by atoms with van der Waals surface area (Å²) in [5, 5.41) is 2.83. The fourth-order valence-electron chi connectivity index (χ4n) is 2.87. The van der Waals surface area contributed by atoms with E-state index in [1.807, 2.05) is 36.4 Å². The number of rotatable bonds is 5. The Morgan fingerprint density at radius 2 is 1.84 bits per heavy atom. The predicted molar refractivity (Wildman–Crippen MR) is 102 cm³/mol. The predicted octanol–water partition coefficient (Wildman–Crippen LogP) is 4.03. The average molecular weight is 334 g/mol. The standard InChI is InChI=1S/C21H22N2O2/c1-2-16-5-7-17(8-6-16)9-14-20(24)22-18-10-12-19(13-11-18)23-15-3-4-21(23)25/h5-14H,2-4,15H2,1H3,(H,22,24)/b14-9+. The van der Waals surface area contributed by atoms with Gasteiger partial charge in [0.25, 0.3) is 0 Å². The first-order valence-electron chi connectivity index (χ1n) is 8.64. The molecular weight excluding hydrogens is 312 g/mol. The van der Waals surface area contributed by atoms with Gasteiger partial charge in [-0.3, -0.25) is 9.59 Å². The van der Waals surface area contributed by atoms with Gasteiger partial charge in [-0.05, 0) is 54.3 Å². The molecule has 0 aliphatic carbocycles. The molecule has 0 radical (unpaired) electrons. The number of nitrogens with zero attached hydrogens (tertiary/aromatic N) is 1. The van der Waals surface area contributed by atoms with Crippen molar-refractivity contribution in [2.24, 2.45) is 0 Å². The molecule has 0 saturated carbocycles. The van der Waals surface area contributed by atoms with Gasteiger partial charge in [-0.25, -0.2) is 0 Å². The molecule has 0 aromatic heterocycles. The Bertz CT molecular complexity index is 777. The summed E-state index contributed by atoms with van der Waals surface area (Å²) in [7, 11) is 0. The molecule has 4 heteroatoms. The monoisotopic (exact) mass is 334 g/mol. The summed E-state index contributed by atoms with van der Waals surface area (Å²) in [6.45, 7) is 2.88. The van der Waals surface area contributed by atoms with Gasteiger partial charge >= 0.3 is 0 Å². The van der Waals surface area contributed by atoms with Crippen molar-refractivity contribution in [3.8, 4) is 0 Å². The van der Waals surface area contributed by atoms with Gasteiger partial charge in [0.15, 0.2) is 0 Å². The van der Waals surface area contributed by atoms with Crippen molar-refractivity contribution in [1.29, 1.82) is 0 Å². The lowest BCUT2D eigenvalue weighted by molar-refractivity contribution is -0.117. The number of nitrogens with one attached hydrogen (secondary N) is 1. The Balaban J connectivity index is 1.58. The fourth-order valence-corrected chi connectivity index (χ4v) is 2.87. The van der Waals surface area contributed by atoms with Crippen LogP contribution in [0.1, 0.15) is 30.9 Å². The normalized spacial score (nSPS) is 14.3. The van der Waals surface area contributed by atoms with Gasteiger partial charge in [0, 0.05) is 30.4 Å². The van der Waals surface area contributed by atoms with Crippen molar-refractivity contribution in [2.75, 3.05) is 16.8 Å². The topological polar surface area (TPSA) is 49.4 Å². The minimum absolute atomic E-state index is 0.161. The van der Waals surface area contributed by atoms with E-state index in [4.69, 9.17) is 0 Å². The van der Waals surface area contributed by atoms with E-state index < -0.39 is 0 Å². The maximum Gasteiger partial charge on any atom is 0.248 e. The molecule has 1 aliphatic rings. The zero-order valence-corrected chi connectivity index (χ0v) is 14.4. The maximum atomic E-state index is 12.0. The van der Waals surface area contributed by atoms with Gasteiger partial charge in [0.2, 0.25) is 11.8 Å². The van der Waals surface area contributed by atoms with Gasteiger partial charge in [-0.1, -0.05) is 31.2 Å². The Morgan fingerprint density at radius 3 is 2.44 bits per heavy atom. The first-order chi connectivity index (χ1) is 12.2. The van der Waals surface area contributed by atoms with Crippen molar-refractivity contribution in [3.05, 3.63) is 65.7 Å². The lowest BCUT2D eigenvalue weighted by Gasteiger charge is -2.15. The third-order valence-corrected chi connectivity index (χ3v) is 4.34. The molecule has 2 aromatic rings. The largest absolute Gasteiger partial charge is 0.323 e. The number of carbonyl (C=O) groups excluding carboxylic acids is 2. The van der Waals surface area contributed by atoms with Crippen LogP contribution in [-0.2, 0) is 16.0 Å². The highest BCUT2D eigenvalue weighted by Gasteiger charge is 2.21. The highest BCUT2D eigenvalue weighted by molar-refractivity contribution is 6.02. The molecule has 0 bridgehead atoms. The van der Waals surface area contributed by atoms with Crippen LogP contribution in [0.15, 0.2) is 54.6 Å². The quantitative estimate of drug-likeness (QED) is 0.839. The van der Waals surface area contributed by atoms with Crippen LogP contribution < -0.4 is 10.2 Å². The van der Waals surface area contributed by atoms with Crippen LogP contribution in [0.2, 0.25) is 0 Å². The van der Waals surface area contributed by atoms with E-state index in [2.05, 4.69) is 24.4 Å². The van der Waals surface area contributed by atoms with E-state index in [9.17, 15) is 9.59 Å². The second-order valence-corrected chi connectivity index (χ2v) is 6.11. The van der Waals surface area contributed by atoms with Crippen molar-refractivity contribution < 1.29 is 9.59 Å². The second-order valence-electron chi connectivity index (χ2n) is 6.11. The molecule has 4 nitrogen and oxygen atoms in total. The summed E-state index contributed by atoms with van der Waals surface area (Å²) in [5.74, 6) is -0.0154. The van der Waals surface area contributed by atoms with Crippen molar-refractivity contribution in [1.82, 2.24) is 0 Å². The van der Waals surface area contributed by atoms with Crippen LogP contribution in [0.3, 0.4) is 0 Å². The van der Waals surface area contributed by atoms with E-state index in [1.54, 1.807) is 11.0 Å². The molecular formula is C21H22N2O2. The second kappa shape index (κ2) is 7.79. The van der Waals surface area contributed by atoms with Crippen molar-refractivity contribution >= 4 is 29.3 Å². The lowest BCUT2D eigenvalue weighted by atomic mass is 10.1. The van der Waals surface area contributed by atoms with Gasteiger partial charge < -0.3 is 10.2 Å². The number of hydrogen-bond donors (Lipinski definition) is 1. The smallest absolute Gasteiger partial charge is 0.248 e. The molecule has 25 heavy (non-hydrogen) atoms. The minimum atomic E-state index is -0.176. The third-order valence-electron chi connectivity index (χ3n) is 4.34. The van der Waals surface area contributed by atoms with Gasteiger partial charge in [0.05, 0.1) is 0 Å². The first-order valence-corrected chi connectivity index (χ1v) is 8.64. The van der Waals surface area contributed by atoms with E-state index >= 15 is 0 Å². The number of anilines is 2. The molecule has 2 aromatic carbocycles. The van der Waals surface area contributed by atoms with Crippen molar-refractivity contribution in [2.45, 2.75) is 26.2 Å². The van der Waals surface area contributed by atoms with Crippen LogP contribution in [0.4, 0.5) is 11.4 Å². The first kappa shape index (κ1) is 17.0. The van der Waals surface area contributed by atoms with Crippen LogP contribution in [0.25, 0.3) is 6.08 Å². The van der Waals surface area contributed by atoms with Crippen molar-refractivity contribution in [3.63, 3.8) is 0 Å². The van der Waals surface area contributed by atoms with E-state index in [0.717, 1.165) is 30.6 Å². The zero-order valence-electron chi connectivity index (χ0n) is 14.4. The molecule has 1 N–H and O–H groups in total. The number of amides is 2. The summed E-state index contributed by atoms with van der Waals surface area (Å²) in [5.41, 5.74) is 3.87. The molecule has 128 valence electrons. The summed E-state index contributed by atoms with van der Waals surface area (Å²) in [4.78, 5) is 25.6. The van der Waals surface area contributed by atoms with Gasteiger partial charge in [-0.15, -0.1) is 0 Å². The molecule has 0 spiro atoms. The minimum Gasteiger partial charge on any atom is -0.323 e. The Labute approximate surface area is 148 Å². The summed E-state index contributed by atoms with van der Waals surface area (Å²) >= 11 is 0. The maximum absolute atomic E-state index is 12.0. The van der Waals surface area contributed by atoms with Crippen LogP contribution in [0.5, 0.6) is 0 Å². The van der Waals surface area contributed by atoms with Crippen LogP contribution >= 0.6 is 0 Å². The highest BCUT2D eigenvalue weighted by Crippen LogP contribution is 2.23. The fraction of sp³-hybridized carbons (Fsp3) is 0.238. The summed E-state index contributed by atoms with van der Waals surface area (Å²) in [6, 6.07) is 15.5. The molecule has 1 saturated heterocycles. The molecule has 1 fully saturated rings. The number of hydrogen-bond acceptors (Lipinski definition) is 2. The van der Waals surface area contributed by atoms with E-state index in [1.165, 1.54) is 11.6 Å². The lowest BCUT2D eigenvalue weighted by Crippen LogP contribution is -2.23. The average Bonchev–Trinajstić information content (AvgIpc) is 3.07. The highest BCUT2D eigenvalue weighted by atomic mass is 16.2. The Kier molecular flexibility index (Phi) is 5.29. The Hall–Kier alpha value is -2.88. The van der Waals surface area contributed by atoms with E-state index in [-0.39, 0.29) is 11.8 Å². The van der Waals surface area contributed by atoms with Gasteiger partial charge in [0.1, 0.15) is 0 Å². The molecule has 0 atom stereocenters. The summed E-state index contributed by atoms with van der Waals surface area (Å²) < 4.78 is 0. The third kappa shape index (κ3) is 4.35. The number of benzene rings is 2. The molecule has 1 aliphatic heterocycles. The SMILES string of the molecule is CCc1ccc(/C=C/C(=O)Nc2ccc(N3CCCC3=O)cc2)cc1.